The van der Waals surface area contributed by atoms with Crippen LogP contribution in [0.2, 0.25) is 0 Å². The predicted molar refractivity (Wildman–Crippen MR) is 153 cm³/mol. The van der Waals surface area contributed by atoms with Gasteiger partial charge in [0.15, 0.2) is 0 Å². The quantitative estimate of drug-likeness (QED) is 0.461. The first kappa shape index (κ1) is 28.2. The van der Waals surface area contributed by atoms with Crippen molar-refractivity contribution in [2.45, 2.75) is 72.3 Å². The van der Waals surface area contributed by atoms with Gasteiger partial charge >= 0.3 is 6.09 Å². The number of carboxylic acid groups (broad SMARTS) is 1. The van der Waals surface area contributed by atoms with Gasteiger partial charge in [-0.05, 0) is 37.0 Å². The number of carbonyl (C=O) groups is 2. The zero-order valence-corrected chi connectivity index (χ0v) is 23.6. The standard InChI is InChI=1S/C27H35N3O3.C5H10/c1-19-9-8-10-20(2)23(19)24(31)30-17-26(3)15-29(16-27(26,4)18-30)14-13-22(28-25(32)33)21-11-6-5-7-12-21;1-2-4-5-3-1/h5-12,22,28H,13-18H2,1-4H3,(H,32,33);1-5H2/t22?,26-,27?;/m0./s1. The number of amides is 2. The largest absolute Gasteiger partial charge is 0.465 e. The van der Waals surface area contributed by atoms with Crippen molar-refractivity contribution in [3.63, 3.8) is 0 Å². The smallest absolute Gasteiger partial charge is 0.405 e. The highest BCUT2D eigenvalue weighted by Crippen LogP contribution is 2.52. The van der Waals surface area contributed by atoms with Crippen LogP contribution in [0.15, 0.2) is 48.5 Å². The van der Waals surface area contributed by atoms with Crippen molar-refractivity contribution in [3.05, 3.63) is 70.8 Å². The Kier molecular flexibility index (Phi) is 8.81. The number of hydrogen-bond donors (Lipinski definition) is 2. The molecule has 2 amide bonds. The van der Waals surface area contributed by atoms with Gasteiger partial charge in [-0.15, -0.1) is 0 Å². The number of likely N-dealkylation sites (tertiary alicyclic amines) is 2. The average molecular weight is 520 g/mol. The van der Waals surface area contributed by atoms with E-state index in [1.807, 2.05) is 67.3 Å². The normalized spacial score (nSPS) is 25.4. The molecule has 206 valence electrons. The van der Waals surface area contributed by atoms with Gasteiger partial charge in [0.25, 0.3) is 5.91 Å². The molecular weight excluding hydrogens is 474 g/mol. The second kappa shape index (κ2) is 11.9. The fraction of sp³-hybridized carbons (Fsp3) is 0.562. The van der Waals surface area contributed by atoms with Crippen LogP contribution in [0.1, 0.15) is 85.5 Å². The van der Waals surface area contributed by atoms with Crippen molar-refractivity contribution in [2.75, 3.05) is 32.7 Å². The molecule has 6 nitrogen and oxygen atoms in total. The summed E-state index contributed by atoms with van der Waals surface area (Å²) < 4.78 is 0. The minimum Gasteiger partial charge on any atom is -0.465 e. The van der Waals surface area contributed by atoms with Crippen molar-refractivity contribution >= 4 is 12.0 Å². The number of benzene rings is 2. The van der Waals surface area contributed by atoms with E-state index < -0.39 is 6.09 Å². The minimum absolute atomic E-state index is 0.0156. The second-order valence-corrected chi connectivity index (χ2v) is 12.2. The van der Waals surface area contributed by atoms with E-state index in [0.29, 0.717) is 6.42 Å². The van der Waals surface area contributed by atoms with Crippen LogP contribution in [0.4, 0.5) is 4.79 Å². The summed E-state index contributed by atoms with van der Waals surface area (Å²) in [6, 6.07) is 15.6. The molecule has 2 N–H and O–H groups in total. The third-order valence-electron chi connectivity index (χ3n) is 9.15. The maximum Gasteiger partial charge on any atom is 0.405 e. The third-order valence-corrected chi connectivity index (χ3v) is 9.15. The van der Waals surface area contributed by atoms with Gasteiger partial charge in [-0.1, -0.05) is 94.5 Å². The first-order valence-corrected chi connectivity index (χ1v) is 14.2. The number of nitrogens with one attached hydrogen (secondary N) is 1. The molecule has 0 bridgehead atoms. The number of aryl methyl sites for hydroxylation is 2. The fourth-order valence-electron chi connectivity index (χ4n) is 6.77. The molecule has 38 heavy (non-hydrogen) atoms. The number of hydrogen-bond acceptors (Lipinski definition) is 3. The molecule has 3 atom stereocenters. The molecule has 1 saturated carbocycles. The molecule has 2 unspecified atom stereocenters. The van der Waals surface area contributed by atoms with Gasteiger partial charge in [0.1, 0.15) is 0 Å². The molecule has 2 heterocycles. The highest BCUT2D eigenvalue weighted by atomic mass is 16.4. The number of nitrogens with zero attached hydrogens (tertiary/aromatic N) is 2. The molecular formula is C32H45N3O3. The van der Waals surface area contributed by atoms with Gasteiger partial charge in [0.05, 0.1) is 6.04 Å². The van der Waals surface area contributed by atoms with E-state index in [0.717, 1.165) is 55.0 Å². The molecule has 2 aliphatic heterocycles. The summed E-state index contributed by atoms with van der Waals surface area (Å²) >= 11 is 0. The summed E-state index contributed by atoms with van der Waals surface area (Å²) in [6.45, 7) is 12.8. The first-order valence-electron chi connectivity index (χ1n) is 14.2. The Morgan fingerprint density at radius 3 is 1.87 bits per heavy atom. The average Bonchev–Trinajstić information content (AvgIpc) is 3.58. The number of fused-ring (bicyclic) bond motifs is 1. The molecule has 3 aliphatic rings. The van der Waals surface area contributed by atoms with Crippen LogP contribution in [0.3, 0.4) is 0 Å². The Morgan fingerprint density at radius 2 is 1.37 bits per heavy atom. The van der Waals surface area contributed by atoms with Crippen LogP contribution < -0.4 is 5.32 Å². The summed E-state index contributed by atoms with van der Waals surface area (Å²) in [5, 5.41) is 12.0. The summed E-state index contributed by atoms with van der Waals surface area (Å²) in [6.07, 6.45) is 7.22. The van der Waals surface area contributed by atoms with Gasteiger partial charge in [0.2, 0.25) is 0 Å². The SMILES string of the molecule is C1CCCC1.Cc1cccc(C)c1C(=O)N1CC2(C)CN(CCC(NC(=O)O)c3ccccc3)C[C@@]2(C)C1. The Morgan fingerprint density at radius 1 is 0.842 bits per heavy atom. The van der Waals surface area contributed by atoms with Crippen LogP contribution in [0, 0.1) is 24.7 Å². The summed E-state index contributed by atoms with van der Waals surface area (Å²) in [5.41, 5.74) is 3.93. The zero-order valence-electron chi connectivity index (χ0n) is 23.6. The molecule has 6 heteroatoms. The van der Waals surface area contributed by atoms with Gasteiger partial charge in [-0.25, -0.2) is 4.79 Å². The Labute approximate surface area is 228 Å². The van der Waals surface area contributed by atoms with Crippen molar-refractivity contribution in [2.24, 2.45) is 10.8 Å². The van der Waals surface area contributed by atoms with Crippen molar-refractivity contribution in [1.82, 2.24) is 15.1 Å². The van der Waals surface area contributed by atoms with Crippen LogP contribution in [-0.4, -0.2) is 59.6 Å². The lowest BCUT2D eigenvalue weighted by Gasteiger charge is -2.30. The molecule has 2 aromatic rings. The topological polar surface area (TPSA) is 72.9 Å². The molecule has 0 spiro atoms. The van der Waals surface area contributed by atoms with Gasteiger partial charge < -0.3 is 20.2 Å². The molecule has 0 aromatic heterocycles. The van der Waals surface area contributed by atoms with Gasteiger partial charge in [-0.2, -0.15) is 0 Å². The van der Waals surface area contributed by atoms with Crippen molar-refractivity contribution in [1.29, 1.82) is 0 Å². The maximum atomic E-state index is 13.4. The Balaban J connectivity index is 0.000000603. The van der Waals surface area contributed by atoms with Gasteiger partial charge in [-0.3, -0.25) is 4.79 Å². The van der Waals surface area contributed by atoms with Crippen molar-refractivity contribution < 1.29 is 14.7 Å². The van der Waals surface area contributed by atoms with E-state index in [4.69, 9.17) is 0 Å². The van der Waals surface area contributed by atoms with Crippen LogP contribution in [0.5, 0.6) is 0 Å². The highest BCUT2D eigenvalue weighted by Gasteiger charge is 2.58. The van der Waals surface area contributed by atoms with Crippen LogP contribution in [0.25, 0.3) is 0 Å². The van der Waals surface area contributed by atoms with E-state index in [1.54, 1.807) is 0 Å². The molecule has 2 saturated heterocycles. The Bertz CT molecular complexity index is 1070. The minimum atomic E-state index is -0.998. The maximum absolute atomic E-state index is 13.4. The Hall–Kier alpha value is -2.86. The van der Waals surface area contributed by atoms with E-state index in [2.05, 4.69) is 24.1 Å². The second-order valence-electron chi connectivity index (χ2n) is 12.2. The zero-order chi connectivity index (χ0) is 27.3. The monoisotopic (exact) mass is 519 g/mol. The lowest BCUT2D eigenvalue weighted by Crippen LogP contribution is -2.37. The van der Waals surface area contributed by atoms with E-state index in [9.17, 15) is 14.7 Å². The lowest BCUT2D eigenvalue weighted by atomic mass is 9.71. The molecule has 3 fully saturated rings. The summed E-state index contributed by atoms with van der Waals surface area (Å²) in [4.78, 5) is 29.2. The van der Waals surface area contributed by atoms with E-state index in [-0.39, 0.29) is 22.8 Å². The predicted octanol–water partition coefficient (Wildman–Crippen LogP) is 6.44. The van der Waals surface area contributed by atoms with Crippen LogP contribution in [-0.2, 0) is 0 Å². The van der Waals surface area contributed by atoms with Crippen LogP contribution >= 0.6 is 0 Å². The van der Waals surface area contributed by atoms with E-state index >= 15 is 0 Å². The van der Waals surface area contributed by atoms with E-state index in [1.165, 1.54) is 32.1 Å². The lowest BCUT2D eigenvalue weighted by molar-refractivity contribution is 0.0756. The third kappa shape index (κ3) is 6.23. The summed E-state index contributed by atoms with van der Waals surface area (Å²) in [5.74, 6) is 0.142. The first-order chi connectivity index (χ1) is 18.1. The number of carbonyl (C=O) groups excluding carboxylic acids is 1. The fourth-order valence-corrected chi connectivity index (χ4v) is 6.77. The molecule has 2 aromatic carbocycles. The van der Waals surface area contributed by atoms with Crippen molar-refractivity contribution in [3.8, 4) is 0 Å². The molecule has 5 rings (SSSR count). The number of rotatable bonds is 6. The highest BCUT2D eigenvalue weighted by molar-refractivity contribution is 5.97. The molecule has 1 aliphatic carbocycles. The summed E-state index contributed by atoms with van der Waals surface area (Å²) in [7, 11) is 0. The molecule has 0 radical (unpaired) electrons. The van der Waals surface area contributed by atoms with Gasteiger partial charge in [0, 0.05) is 49.1 Å².